The molecule has 0 radical (unpaired) electrons. The van der Waals surface area contributed by atoms with Crippen molar-refractivity contribution in [3.8, 4) is 0 Å². The number of aliphatic carboxylic acids is 2. The maximum absolute atomic E-state index is 12.5. The van der Waals surface area contributed by atoms with E-state index in [0.29, 0.717) is 19.4 Å². The highest BCUT2D eigenvalue weighted by Gasteiger charge is 2.25. The highest BCUT2D eigenvalue weighted by molar-refractivity contribution is 5.92. The van der Waals surface area contributed by atoms with Gasteiger partial charge >= 0.3 is 11.9 Å². The lowest BCUT2D eigenvalue weighted by molar-refractivity contribution is -0.142. The van der Waals surface area contributed by atoms with Gasteiger partial charge in [0.2, 0.25) is 23.6 Å². The summed E-state index contributed by atoms with van der Waals surface area (Å²) in [4.78, 5) is 69.2. The molecule has 3 atom stereocenters. The zero-order valence-corrected chi connectivity index (χ0v) is 17.7. The Balaban J connectivity index is 4.85. The number of hydrogen-bond donors (Lipinski definition) is 8. The second-order valence-electron chi connectivity index (χ2n) is 7.07. The SMILES string of the molecule is NCCCCC(NC(=O)C(N)CCC(=O)O)C(=O)NCC(=O)NC(CCC(N)=O)C(=O)O. The number of primary amides is 1. The summed E-state index contributed by atoms with van der Waals surface area (Å²) in [7, 11) is 0. The van der Waals surface area contributed by atoms with Gasteiger partial charge in [-0.15, -0.1) is 0 Å². The molecule has 0 saturated carbocycles. The number of nitrogens with one attached hydrogen (secondary N) is 3. The quantitative estimate of drug-likeness (QED) is 0.100. The normalized spacial score (nSPS) is 13.3. The minimum absolute atomic E-state index is 0.122. The van der Waals surface area contributed by atoms with E-state index in [9.17, 15) is 28.8 Å². The summed E-state index contributed by atoms with van der Waals surface area (Å²) in [5.74, 6) is -5.46. The van der Waals surface area contributed by atoms with Crippen molar-refractivity contribution < 1.29 is 39.0 Å². The Morgan fingerprint density at radius 3 is 2.00 bits per heavy atom. The van der Waals surface area contributed by atoms with E-state index in [4.69, 9.17) is 27.4 Å². The standard InChI is InChI=1S/C18H32N6O8/c19-8-2-1-3-11(24-16(29)10(20)4-7-15(27)28)17(30)22-9-14(26)23-12(18(31)32)5-6-13(21)25/h10-12H,1-9,19-20H2,(H2,21,25)(H,22,30)(H,23,26)(H,24,29)(H,27,28)(H,31,32). The van der Waals surface area contributed by atoms with Crippen LogP contribution in [-0.4, -0.2) is 77.0 Å². The summed E-state index contributed by atoms with van der Waals surface area (Å²) in [6, 6.07) is -3.55. The van der Waals surface area contributed by atoms with Crippen molar-refractivity contribution >= 4 is 35.6 Å². The lowest BCUT2D eigenvalue weighted by Crippen LogP contribution is -2.53. The molecule has 0 fully saturated rings. The van der Waals surface area contributed by atoms with Crippen LogP contribution >= 0.6 is 0 Å². The van der Waals surface area contributed by atoms with E-state index in [1.54, 1.807) is 0 Å². The largest absolute Gasteiger partial charge is 0.481 e. The third-order valence-corrected chi connectivity index (χ3v) is 4.32. The van der Waals surface area contributed by atoms with E-state index in [0.717, 1.165) is 0 Å². The Morgan fingerprint density at radius 1 is 0.812 bits per heavy atom. The third-order valence-electron chi connectivity index (χ3n) is 4.32. The third kappa shape index (κ3) is 13.1. The topological polar surface area (TPSA) is 257 Å². The first kappa shape index (κ1) is 28.7. The number of carboxylic acid groups (broad SMARTS) is 2. The molecule has 0 bridgehead atoms. The lowest BCUT2D eigenvalue weighted by Gasteiger charge is -2.21. The second-order valence-corrected chi connectivity index (χ2v) is 7.07. The van der Waals surface area contributed by atoms with E-state index < -0.39 is 60.2 Å². The van der Waals surface area contributed by atoms with Gasteiger partial charge < -0.3 is 43.4 Å². The molecule has 14 heteroatoms. The van der Waals surface area contributed by atoms with Crippen LogP contribution in [0.3, 0.4) is 0 Å². The highest BCUT2D eigenvalue weighted by Crippen LogP contribution is 2.03. The van der Waals surface area contributed by atoms with E-state index >= 15 is 0 Å². The van der Waals surface area contributed by atoms with E-state index in [-0.39, 0.29) is 32.1 Å². The van der Waals surface area contributed by atoms with E-state index in [2.05, 4.69) is 16.0 Å². The average molecular weight is 460 g/mol. The van der Waals surface area contributed by atoms with Crippen LogP contribution in [0.2, 0.25) is 0 Å². The van der Waals surface area contributed by atoms with Crippen LogP contribution in [0.5, 0.6) is 0 Å². The first-order chi connectivity index (χ1) is 15.0. The summed E-state index contributed by atoms with van der Waals surface area (Å²) in [5.41, 5.74) is 16.0. The van der Waals surface area contributed by atoms with Crippen molar-refractivity contribution in [1.29, 1.82) is 0 Å². The van der Waals surface area contributed by atoms with Gasteiger partial charge in [-0.2, -0.15) is 0 Å². The number of nitrogens with two attached hydrogens (primary N) is 3. The molecule has 11 N–H and O–H groups in total. The number of amides is 4. The fraction of sp³-hybridized carbons (Fsp3) is 0.667. The van der Waals surface area contributed by atoms with Crippen molar-refractivity contribution in [2.24, 2.45) is 17.2 Å². The summed E-state index contributed by atoms with van der Waals surface area (Å²) in [5, 5.41) is 24.7. The Hall–Kier alpha value is -3.26. The van der Waals surface area contributed by atoms with Crippen LogP contribution in [0.1, 0.15) is 44.9 Å². The van der Waals surface area contributed by atoms with Crippen molar-refractivity contribution in [2.45, 2.75) is 63.1 Å². The molecule has 0 aliphatic rings. The average Bonchev–Trinajstić information content (AvgIpc) is 2.71. The molecule has 182 valence electrons. The molecule has 0 aromatic carbocycles. The molecule has 0 spiro atoms. The zero-order valence-electron chi connectivity index (χ0n) is 17.7. The summed E-state index contributed by atoms with van der Waals surface area (Å²) in [6.07, 6.45) is 0.350. The number of hydrogen-bond acceptors (Lipinski definition) is 8. The minimum atomic E-state index is -1.37. The van der Waals surface area contributed by atoms with Gasteiger partial charge in [-0.1, -0.05) is 0 Å². The predicted molar refractivity (Wildman–Crippen MR) is 111 cm³/mol. The summed E-state index contributed by atoms with van der Waals surface area (Å²) < 4.78 is 0. The van der Waals surface area contributed by atoms with Crippen LogP contribution in [0.25, 0.3) is 0 Å². The van der Waals surface area contributed by atoms with Crippen LogP contribution < -0.4 is 33.2 Å². The molecule has 3 unspecified atom stereocenters. The fourth-order valence-electron chi connectivity index (χ4n) is 2.53. The fourth-order valence-corrected chi connectivity index (χ4v) is 2.53. The molecule has 0 heterocycles. The van der Waals surface area contributed by atoms with Crippen LogP contribution in [0.15, 0.2) is 0 Å². The van der Waals surface area contributed by atoms with Crippen molar-refractivity contribution in [2.75, 3.05) is 13.1 Å². The molecule has 0 saturated heterocycles. The van der Waals surface area contributed by atoms with Gasteiger partial charge in [0.15, 0.2) is 0 Å². The Labute approximate surface area is 184 Å². The van der Waals surface area contributed by atoms with Crippen molar-refractivity contribution in [3.63, 3.8) is 0 Å². The molecular weight excluding hydrogens is 428 g/mol. The highest BCUT2D eigenvalue weighted by atomic mass is 16.4. The van der Waals surface area contributed by atoms with Gasteiger partial charge in [0.25, 0.3) is 0 Å². The smallest absolute Gasteiger partial charge is 0.326 e. The first-order valence-electron chi connectivity index (χ1n) is 10.0. The number of carbonyl (C=O) groups is 6. The number of carbonyl (C=O) groups excluding carboxylic acids is 4. The van der Waals surface area contributed by atoms with Gasteiger partial charge in [-0.3, -0.25) is 24.0 Å². The van der Waals surface area contributed by atoms with Crippen molar-refractivity contribution in [1.82, 2.24) is 16.0 Å². The summed E-state index contributed by atoms with van der Waals surface area (Å²) in [6.45, 7) is -0.210. The van der Waals surface area contributed by atoms with E-state index in [1.807, 2.05) is 0 Å². The lowest BCUT2D eigenvalue weighted by atomic mass is 10.1. The Morgan fingerprint density at radius 2 is 1.47 bits per heavy atom. The minimum Gasteiger partial charge on any atom is -0.481 e. The predicted octanol–water partition coefficient (Wildman–Crippen LogP) is -3.26. The molecule has 14 nitrogen and oxygen atoms in total. The number of rotatable bonds is 17. The molecule has 4 amide bonds. The monoisotopic (exact) mass is 460 g/mol. The van der Waals surface area contributed by atoms with Gasteiger partial charge in [0.1, 0.15) is 12.1 Å². The number of unbranched alkanes of at least 4 members (excludes halogenated alkanes) is 1. The molecule has 0 rings (SSSR count). The molecule has 0 aromatic rings. The van der Waals surface area contributed by atoms with Gasteiger partial charge in [0.05, 0.1) is 12.6 Å². The Kier molecular flexibility index (Phi) is 13.9. The maximum atomic E-state index is 12.5. The molecule has 32 heavy (non-hydrogen) atoms. The van der Waals surface area contributed by atoms with Crippen LogP contribution in [0, 0.1) is 0 Å². The van der Waals surface area contributed by atoms with Gasteiger partial charge in [0, 0.05) is 12.8 Å². The second kappa shape index (κ2) is 15.5. The van der Waals surface area contributed by atoms with Gasteiger partial charge in [-0.05, 0) is 38.6 Å². The first-order valence-corrected chi connectivity index (χ1v) is 10.0. The van der Waals surface area contributed by atoms with Crippen LogP contribution in [-0.2, 0) is 28.8 Å². The van der Waals surface area contributed by atoms with Crippen molar-refractivity contribution in [3.05, 3.63) is 0 Å². The number of carboxylic acids is 2. The molecular formula is C18H32N6O8. The molecule has 0 aliphatic heterocycles. The van der Waals surface area contributed by atoms with Gasteiger partial charge in [-0.25, -0.2) is 4.79 Å². The zero-order chi connectivity index (χ0) is 24.7. The molecule has 0 aromatic heterocycles. The summed E-state index contributed by atoms with van der Waals surface area (Å²) >= 11 is 0. The maximum Gasteiger partial charge on any atom is 0.326 e. The van der Waals surface area contributed by atoms with Crippen LogP contribution in [0.4, 0.5) is 0 Å². The Bertz CT molecular complexity index is 686. The molecule has 0 aliphatic carbocycles. The van der Waals surface area contributed by atoms with E-state index in [1.165, 1.54) is 0 Å².